The van der Waals surface area contributed by atoms with Crippen molar-refractivity contribution < 1.29 is 17.6 Å². The molecule has 2 rings (SSSR count). The molecule has 1 aromatic heterocycles. The second-order valence-corrected chi connectivity index (χ2v) is 4.85. The van der Waals surface area contributed by atoms with Gasteiger partial charge in [0.2, 0.25) is 10.0 Å². The second kappa shape index (κ2) is 3.86. The van der Waals surface area contributed by atoms with Crippen LogP contribution >= 0.6 is 0 Å². The van der Waals surface area contributed by atoms with Crippen molar-refractivity contribution in [2.45, 2.75) is 4.90 Å². The molecule has 0 spiro atoms. The lowest BCUT2D eigenvalue weighted by atomic mass is 10.2. The van der Waals surface area contributed by atoms with Gasteiger partial charge >= 0.3 is 5.63 Å². The number of nitrogens with two attached hydrogens (primary N) is 1. The van der Waals surface area contributed by atoms with Gasteiger partial charge in [0.1, 0.15) is 0 Å². The predicted octanol–water partition coefficient (Wildman–Crippen LogP) is 0.449. The minimum absolute atomic E-state index is 0.187. The van der Waals surface area contributed by atoms with Gasteiger partial charge in [-0.25, -0.2) is 18.4 Å². The highest BCUT2D eigenvalue weighted by molar-refractivity contribution is 7.89. The lowest BCUT2D eigenvalue weighted by molar-refractivity contribution is 0.405. The number of primary sulfonamides is 1. The Morgan fingerprint density at radius 2 is 2.06 bits per heavy atom. The van der Waals surface area contributed by atoms with Crippen molar-refractivity contribution in [3.63, 3.8) is 0 Å². The molecule has 2 aromatic rings. The molecule has 0 bridgehead atoms. The number of para-hydroxylation sites is 1. The molecule has 1 heterocycles. The van der Waals surface area contributed by atoms with Gasteiger partial charge in [-0.15, -0.1) is 0 Å². The van der Waals surface area contributed by atoms with Crippen LogP contribution in [0.15, 0.2) is 38.4 Å². The van der Waals surface area contributed by atoms with Crippen molar-refractivity contribution >= 4 is 21.0 Å². The van der Waals surface area contributed by atoms with Gasteiger partial charge in [-0.1, -0.05) is 12.1 Å². The molecule has 0 radical (unpaired) electrons. The first kappa shape index (κ1) is 11.6. The third-order valence-electron chi connectivity index (χ3n) is 2.22. The Bertz CT molecular complexity index is 732. The highest BCUT2D eigenvalue weighted by Crippen LogP contribution is 2.24. The van der Waals surface area contributed by atoms with Gasteiger partial charge in [-0.05, 0) is 12.1 Å². The van der Waals surface area contributed by atoms with Gasteiger partial charge in [0.15, 0.2) is 16.2 Å². The molecule has 0 aliphatic carbocycles. The summed E-state index contributed by atoms with van der Waals surface area (Å²) in [7, 11) is -2.67. The van der Waals surface area contributed by atoms with Gasteiger partial charge in [0, 0.05) is 5.39 Å². The van der Waals surface area contributed by atoms with Crippen LogP contribution in [-0.4, -0.2) is 15.5 Å². The van der Waals surface area contributed by atoms with E-state index in [1.165, 1.54) is 13.2 Å². The normalized spacial score (nSPS) is 11.6. The number of hydrogen-bond donors (Lipinski definition) is 1. The van der Waals surface area contributed by atoms with Gasteiger partial charge in [0.05, 0.1) is 7.11 Å². The van der Waals surface area contributed by atoms with E-state index in [0.717, 1.165) is 0 Å². The van der Waals surface area contributed by atoms with Crippen molar-refractivity contribution in [1.29, 1.82) is 0 Å². The Morgan fingerprint density at radius 1 is 1.35 bits per heavy atom. The zero-order valence-corrected chi connectivity index (χ0v) is 9.65. The van der Waals surface area contributed by atoms with Crippen molar-refractivity contribution in [2.24, 2.45) is 5.14 Å². The molecule has 17 heavy (non-hydrogen) atoms. The SMILES string of the molecule is COc1cccc2cc(S(N)(=O)=O)c(=O)oc12. The van der Waals surface area contributed by atoms with E-state index in [1.54, 1.807) is 18.2 Å². The average Bonchev–Trinajstić information content (AvgIpc) is 2.26. The summed E-state index contributed by atoms with van der Waals surface area (Å²) >= 11 is 0. The van der Waals surface area contributed by atoms with Crippen LogP contribution in [0.5, 0.6) is 5.75 Å². The molecule has 0 fully saturated rings. The van der Waals surface area contributed by atoms with Crippen LogP contribution in [0.3, 0.4) is 0 Å². The summed E-state index contributed by atoms with van der Waals surface area (Å²) in [5.74, 6) is 0.348. The first-order valence-corrected chi connectivity index (χ1v) is 6.12. The van der Waals surface area contributed by atoms with Gasteiger partial charge < -0.3 is 9.15 Å². The van der Waals surface area contributed by atoms with E-state index in [9.17, 15) is 13.2 Å². The van der Waals surface area contributed by atoms with Crippen molar-refractivity contribution in [3.8, 4) is 5.75 Å². The minimum Gasteiger partial charge on any atom is -0.493 e. The van der Waals surface area contributed by atoms with E-state index < -0.39 is 20.5 Å². The Balaban J connectivity index is 2.89. The van der Waals surface area contributed by atoms with Crippen molar-refractivity contribution in [1.82, 2.24) is 0 Å². The van der Waals surface area contributed by atoms with Crippen LogP contribution in [0, 0.1) is 0 Å². The maximum absolute atomic E-state index is 11.5. The zero-order chi connectivity index (χ0) is 12.6. The summed E-state index contributed by atoms with van der Waals surface area (Å²) in [5.41, 5.74) is -0.822. The fourth-order valence-corrected chi connectivity index (χ4v) is 2.02. The standard InChI is InChI=1S/C10H9NO5S/c1-15-7-4-2-3-6-5-8(17(11,13)14)10(12)16-9(6)7/h2-5H,1H3,(H2,11,13,14). The molecule has 6 nitrogen and oxygen atoms in total. The smallest absolute Gasteiger partial charge is 0.356 e. The van der Waals surface area contributed by atoms with Crippen LogP contribution in [0.1, 0.15) is 0 Å². The summed E-state index contributed by atoms with van der Waals surface area (Å²) in [4.78, 5) is 10.9. The first-order chi connectivity index (χ1) is 7.93. The van der Waals surface area contributed by atoms with E-state index in [4.69, 9.17) is 14.3 Å². The van der Waals surface area contributed by atoms with Gasteiger partial charge in [-0.3, -0.25) is 0 Å². The van der Waals surface area contributed by atoms with Gasteiger partial charge in [0.25, 0.3) is 0 Å². The molecule has 90 valence electrons. The zero-order valence-electron chi connectivity index (χ0n) is 8.84. The number of rotatable bonds is 2. The summed E-state index contributed by atoms with van der Waals surface area (Å²) in [6.07, 6.45) is 0. The molecule has 2 N–H and O–H groups in total. The van der Waals surface area contributed by atoms with Crippen LogP contribution in [-0.2, 0) is 10.0 Å². The number of benzene rings is 1. The Labute approximate surface area is 96.7 Å². The maximum atomic E-state index is 11.5. The molecule has 0 aliphatic rings. The third-order valence-corrected chi connectivity index (χ3v) is 3.12. The summed E-state index contributed by atoms with van der Waals surface area (Å²) in [6, 6.07) is 6.00. The first-order valence-electron chi connectivity index (χ1n) is 4.57. The van der Waals surface area contributed by atoms with Crippen LogP contribution in [0.25, 0.3) is 11.0 Å². The van der Waals surface area contributed by atoms with Crippen molar-refractivity contribution in [2.75, 3.05) is 7.11 Å². The van der Waals surface area contributed by atoms with E-state index in [-0.39, 0.29) is 5.58 Å². The van der Waals surface area contributed by atoms with Gasteiger partial charge in [-0.2, -0.15) is 0 Å². The molecule has 0 aliphatic heterocycles. The number of ether oxygens (including phenoxy) is 1. The Kier molecular flexibility index (Phi) is 2.64. The maximum Gasteiger partial charge on any atom is 0.356 e. The Hall–Kier alpha value is -1.86. The molecular weight excluding hydrogens is 246 g/mol. The second-order valence-electron chi connectivity index (χ2n) is 3.32. The molecule has 7 heteroatoms. The van der Waals surface area contributed by atoms with E-state index in [0.29, 0.717) is 11.1 Å². The summed E-state index contributed by atoms with van der Waals surface area (Å²) in [6.45, 7) is 0. The number of hydrogen-bond acceptors (Lipinski definition) is 5. The average molecular weight is 255 g/mol. The predicted molar refractivity (Wildman–Crippen MR) is 60.4 cm³/mol. The lowest BCUT2D eigenvalue weighted by Crippen LogP contribution is -2.20. The quantitative estimate of drug-likeness (QED) is 0.785. The molecule has 0 amide bonds. The molecule has 1 aromatic carbocycles. The highest BCUT2D eigenvalue weighted by atomic mass is 32.2. The molecule has 0 unspecified atom stereocenters. The summed E-state index contributed by atoms with van der Waals surface area (Å²) < 4.78 is 32.2. The van der Waals surface area contributed by atoms with Crippen LogP contribution in [0.4, 0.5) is 0 Å². The topological polar surface area (TPSA) is 99.6 Å². The molecular formula is C10H9NO5S. The fourth-order valence-electron chi connectivity index (χ4n) is 1.46. The van der Waals surface area contributed by atoms with E-state index in [2.05, 4.69) is 0 Å². The summed E-state index contributed by atoms with van der Waals surface area (Å²) in [5, 5.41) is 5.32. The molecule has 0 saturated heterocycles. The number of sulfonamides is 1. The molecule has 0 atom stereocenters. The highest BCUT2D eigenvalue weighted by Gasteiger charge is 2.17. The monoisotopic (exact) mass is 255 g/mol. The van der Waals surface area contributed by atoms with Crippen LogP contribution in [0.2, 0.25) is 0 Å². The number of methoxy groups -OCH3 is 1. The van der Waals surface area contributed by atoms with Crippen LogP contribution < -0.4 is 15.5 Å². The minimum atomic E-state index is -4.09. The van der Waals surface area contributed by atoms with Crippen molar-refractivity contribution in [3.05, 3.63) is 34.7 Å². The molecule has 0 saturated carbocycles. The third kappa shape index (κ3) is 2.02. The lowest BCUT2D eigenvalue weighted by Gasteiger charge is -2.04. The number of fused-ring (bicyclic) bond motifs is 1. The van der Waals surface area contributed by atoms with E-state index in [1.807, 2.05) is 0 Å². The fraction of sp³-hybridized carbons (Fsp3) is 0.100. The largest absolute Gasteiger partial charge is 0.493 e. The van der Waals surface area contributed by atoms with E-state index >= 15 is 0 Å². The Morgan fingerprint density at radius 3 is 2.65 bits per heavy atom.